The molecule has 3 rings (SSSR count). The zero-order valence-corrected chi connectivity index (χ0v) is 15.3. The molecular weight excluding hydrogens is 412 g/mol. The lowest BCUT2D eigenvalue weighted by atomic mass is 10.1. The number of hydrogen-bond acceptors (Lipinski definition) is 4. The van der Waals surface area contributed by atoms with Gasteiger partial charge in [0.15, 0.2) is 11.5 Å². The Balaban J connectivity index is 1.97. The van der Waals surface area contributed by atoms with Crippen molar-refractivity contribution in [2.75, 3.05) is 12.0 Å². The number of phenols is 1. The molecule has 25 heavy (non-hydrogen) atoms. The molecule has 8 heteroatoms. The van der Waals surface area contributed by atoms with Gasteiger partial charge in [0.1, 0.15) is 5.70 Å². The van der Waals surface area contributed by atoms with E-state index in [2.05, 4.69) is 21.2 Å². The van der Waals surface area contributed by atoms with Gasteiger partial charge < -0.3 is 15.2 Å². The molecule has 0 bridgehead atoms. The van der Waals surface area contributed by atoms with Gasteiger partial charge in [-0.25, -0.2) is 9.69 Å². The summed E-state index contributed by atoms with van der Waals surface area (Å²) in [7, 11) is 1.42. The van der Waals surface area contributed by atoms with E-state index in [0.29, 0.717) is 20.7 Å². The number of methoxy groups -OCH3 is 1. The van der Waals surface area contributed by atoms with Crippen LogP contribution in [0.5, 0.6) is 11.5 Å². The van der Waals surface area contributed by atoms with Crippen LogP contribution in [0.25, 0.3) is 6.08 Å². The highest BCUT2D eigenvalue weighted by atomic mass is 79.9. The molecule has 0 atom stereocenters. The summed E-state index contributed by atoms with van der Waals surface area (Å²) in [4.78, 5) is 25.8. The minimum atomic E-state index is -0.555. The van der Waals surface area contributed by atoms with E-state index >= 15 is 0 Å². The first kappa shape index (κ1) is 17.3. The number of nitrogens with zero attached hydrogens (tertiary/aromatic N) is 1. The van der Waals surface area contributed by atoms with Crippen LogP contribution in [-0.2, 0) is 4.79 Å². The molecule has 0 saturated carbocycles. The molecule has 1 heterocycles. The quantitative estimate of drug-likeness (QED) is 0.579. The number of rotatable bonds is 3. The van der Waals surface area contributed by atoms with Crippen LogP contribution in [-0.4, -0.2) is 24.2 Å². The molecule has 0 spiro atoms. The van der Waals surface area contributed by atoms with Crippen molar-refractivity contribution < 1.29 is 19.4 Å². The van der Waals surface area contributed by atoms with E-state index in [1.807, 2.05) is 0 Å². The van der Waals surface area contributed by atoms with Crippen LogP contribution in [0.4, 0.5) is 10.5 Å². The van der Waals surface area contributed by atoms with Crippen LogP contribution in [0.1, 0.15) is 5.56 Å². The molecule has 0 aliphatic carbocycles. The molecule has 3 amide bonds. The maximum atomic E-state index is 12.6. The van der Waals surface area contributed by atoms with Gasteiger partial charge in [0.25, 0.3) is 5.91 Å². The highest BCUT2D eigenvalue weighted by Crippen LogP contribution is 2.34. The fraction of sp³-hybridized carbons (Fsp3) is 0.0588. The average Bonchev–Trinajstić information content (AvgIpc) is 2.85. The van der Waals surface area contributed by atoms with Crippen LogP contribution >= 0.6 is 27.5 Å². The third-order valence-corrected chi connectivity index (χ3v) is 4.50. The summed E-state index contributed by atoms with van der Waals surface area (Å²) in [6.07, 6.45) is 1.50. The van der Waals surface area contributed by atoms with E-state index in [9.17, 15) is 14.7 Å². The van der Waals surface area contributed by atoms with Crippen LogP contribution in [0.2, 0.25) is 5.02 Å². The van der Waals surface area contributed by atoms with Gasteiger partial charge in [-0.15, -0.1) is 0 Å². The van der Waals surface area contributed by atoms with E-state index in [0.717, 1.165) is 4.90 Å². The van der Waals surface area contributed by atoms with Crippen molar-refractivity contribution in [3.8, 4) is 11.5 Å². The Bertz CT molecular complexity index is 896. The largest absolute Gasteiger partial charge is 0.504 e. The van der Waals surface area contributed by atoms with Crippen LogP contribution < -0.4 is 15.0 Å². The molecule has 2 aromatic rings. The van der Waals surface area contributed by atoms with Crippen molar-refractivity contribution in [2.24, 2.45) is 0 Å². The fourth-order valence-corrected chi connectivity index (χ4v) is 2.92. The predicted molar refractivity (Wildman–Crippen MR) is 97.8 cm³/mol. The predicted octanol–water partition coefficient (Wildman–Crippen LogP) is 3.91. The minimum absolute atomic E-state index is 0.0406. The smallest absolute Gasteiger partial charge is 0.333 e. The number of imide groups is 1. The second kappa shape index (κ2) is 6.78. The Morgan fingerprint density at radius 2 is 1.92 bits per heavy atom. The number of anilines is 1. The molecule has 1 aliphatic heterocycles. The maximum absolute atomic E-state index is 12.6. The van der Waals surface area contributed by atoms with E-state index in [1.54, 1.807) is 30.3 Å². The average molecular weight is 424 g/mol. The molecular formula is C17H12BrClN2O4. The Labute approximate surface area is 156 Å². The Morgan fingerprint density at radius 1 is 1.24 bits per heavy atom. The van der Waals surface area contributed by atoms with Gasteiger partial charge in [-0.05, 0) is 48.0 Å². The number of halogens is 2. The second-order valence-electron chi connectivity index (χ2n) is 5.15. The number of phenolic OH excluding ortho intramolecular Hbond substituents is 1. The molecule has 2 aromatic carbocycles. The minimum Gasteiger partial charge on any atom is -0.504 e. The molecule has 0 radical (unpaired) electrons. The van der Waals surface area contributed by atoms with E-state index in [4.69, 9.17) is 16.3 Å². The van der Waals surface area contributed by atoms with E-state index in [-0.39, 0.29) is 17.2 Å². The summed E-state index contributed by atoms with van der Waals surface area (Å²) in [5.41, 5.74) is 1.09. The lowest BCUT2D eigenvalue weighted by Gasteiger charge is -2.11. The number of hydrogen-bond donors (Lipinski definition) is 2. The molecule has 1 aliphatic rings. The normalized spacial score (nSPS) is 15.6. The van der Waals surface area contributed by atoms with Gasteiger partial charge >= 0.3 is 6.03 Å². The number of benzene rings is 2. The van der Waals surface area contributed by atoms with Crippen molar-refractivity contribution in [3.63, 3.8) is 0 Å². The summed E-state index contributed by atoms with van der Waals surface area (Å²) in [5.74, 6) is -0.284. The number of urea groups is 1. The molecule has 1 saturated heterocycles. The van der Waals surface area contributed by atoms with Crippen molar-refractivity contribution in [3.05, 3.63) is 57.2 Å². The number of aromatic hydroxyl groups is 1. The molecule has 0 aromatic heterocycles. The Hall–Kier alpha value is -2.51. The fourth-order valence-electron chi connectivity index (χ4n) is 2.35. The molecule has 128 valence electrons. The van der Waals surface area contributed by atoms with Gasteiger partial charge in [0.05, 0.1) is 12.8 Å². The van der Waals surface area contributed by atoms with Gasteiger partial charge in [-0.2, -0.15) is 0 Å². The van der Waals surface area contributed by atoms with Gasteiger partial charge in [0.2, 0.25) is 0 Å². The van der Waals surface area contributed by atoms with Crippen LogP contribution in [0.3, 0.4) is 0 Å². The summed E-state index contributed by atoms with van der Waals surface area (Å²) < 4.78 is 5.61. The SMILES string of the molecule is COc1cc(C=C2NC(=O)N(c3ccc(Cl)cc3)C2=O)c(Br)cc1O. The third kappa shape index (κ3) is 3.33. The van der Waals surface area contributed by atoms with Crippen molar-refractivity contribution >= 4 is 51.2 Å². The maximum Gasteiger partial charge on any atom is 0.333 e. The molecule has 0 unspecified atom stereocenters. The number of carbonyl (C=O) groups is 2. The zero-order chi connectivity index (χ0) is 18.1. The highest BCUT2D eigenvalue weighted by molar-refractivity contribution is 9.10. The standard InChI is InChI=1S/C17H12BrClN2O4/c1-25-15-7-9(12(18)8-14(15)22)6-13-16(23)21(17(24)20-13)11-4-2-10(19)3-5-11/h2-8,22H,1H3,(H,20,24). The van der Waals surface area contributed by atoms with Crippen LogP contribution in [0, 0.1) is 0 Å². The van der Waals surface area contributed by atoms with E-state index in [1.165, 1.54) is 19.3 Å². The third-order valence-electron chi connectivity index (χ3n) is 3.56. The van der Waals surface area contributed by atoms with E-state index < -0.39 is 11.9 Å². The van der Waals surface area contributed by atoms with Crippen molar-refractivity contribution in [1.29, 1.82) is 0 Å². The number of ether oxygens (including phenoxy) is 1. The van der Waals surface area contributed by atoms with Crippen molar-refractivity contribution in [1.82, 2.24) is 5.32 Å². The second-order valence-corrected chi connectivity index (χ2v) is 6.44. The molecule has 6 nitrogen and oxygen atoms in total. The lowest BCUT2D eigenvalue weighted by molar-refractivity contribution is -0.113. The summed E-state index contributed by atoms with van der Waals surface area (Å²) in [6, 6.07) is 8.81. The first-order chi connectivity index (χ1) is 11.9. The number of carbonyl (C=O) groups excluding carboxylic acids is 2. The first-order valence-electron chi connectivity index (χ1n) is 7.10. The molecule has 1 fully saturated rings. The summed E-state index contributed by atoms with van der Waals surface area (Å²) in [5, 5.41) is 12.8. The zero-order valence-electron chi connectivity index (χ0n) is 12.9. The van der Waals surface area contributed by atoms with Gasteiger partial charge in [-0.1, -0.05) is 27.5 Å². The number of amides is 3. The summed E-state index contributed by atoms with van der Waals surface area (Å²) >= 11 is 9.14. The molecule has 2 N–H and O–H groups in total. The van der Waals surface area contributed by atoms with Gasteiger partial charge in [0, 0.05) is 9.50 Å². The number of nitrogens with one attached hydrogen (secondary N) is 1. The topological polar surface area (TPSA) is 78.9 Å². The monoisotopic (exact) mass is 422 g/mol. The van der Waals surface area contributed by atoms with Crippen molar-refractivity contribution in [2.45, 2.75) is 0 Å². The van der Waals surface area contributed by atoms with Crippen LogP contribution in [0.15, 0.2) is 46.6 Å². The summed E-state index contributed by atoms with van der Waals surface area (Å²) in [6.45, 7) is 0. The highest BCUT2D eigenvalue weighted by Gasteiger charge is 2.35. The first-order valence-corrected chi connectivity index (χ1v) is 8.27. The lowest BCUT2D eigenvalue weighted by Crippen LogP contribution is -2.30. The van der Waals surface area contributed by atoms with Gasteiger partial charge in [-0.3, -0.25) is 4.79 Å². The Morgan fingerprint density at radius 3 is 2.56 bits per heavy atom. The Kier molecular flexibility index (Phi) is 4.69.